The first-order chi connectivity index (χ1) is 8.97. The zero-order valence-electron chi connectivity index (χ0n) is 11.7. The lowest BCUT2D eigenvalue weighted by Gasteiger charge is -2.26. The summed E-state index contributed by atoms with van der Waals surface area (Å²) in [6.45, 7) is 2.14. The molecule has 0 aliphatic heterocycles. The summed E-state index contributed by atoms with van der Waals surface area (Å²) in [4.78, 5) is 0.390. The van der Waals surface area contributed by atoms with E-state index in [2.05, 4.69) is 12.2 Å². The van der Waals surface area contributed by atoms with Gasteiger partial charge in [-0.2, -0.15) is 0 Å². The van der Waals surface area contributed by atoms with Gasteiger partial charge in [-0.3, -0.25) is 0 Å². The highest BCUT2D eigenvalue weighted by molar-refractivity contribution is 7.90. The van der Waals surface area contributed by atoms with Gasteiger partial charge < -0.3 is 5.32 Å². The van der Waals surface area contributed by atoms with Crippen LogP contribution < -0.4 is 5.32 Å². The summed E-state index contributed by atoms with van der Waals surface area (Å²) in [5.74, 6) is 0. The molecular formula is C15H23NO2S. The topological polar surface area (TPSA) is 46.2 Å². The SMILES string of the molecule is CC(NC1CCCCC1)c1ccc(S(C)(=O)=O)cc1. The Hall–Kier alpha value is -0.870. The van der Waals surface area contributed by atoms with E-state index in [4.69, 9.17) is 0 Å². The Bertz CT molecular complexity index is 501. The van der Waals surface area contributed by atoms with Crippen LogP contribution in [0.3, 0.4) is 0 Å². The summed E-state index contributed by atoms with van der Waals surface area (Å²) in [6.07, 6.45) is 7.74. The fourth-order valence-electron chi connectivity index (χ4n) is 2.72. The van der Waals surface area contributed by atoms with E-state index in [1.165, 1.54) is 38.4 Å². The Morgan fingerprint density at radius 1 is 1.11 bits per heavy atom. The van der Waals surface area contributed by atoms with E-state index in [1.807, 2.05) is 12.1 Å². The number of benzene rings is 1. The van der Waals surface area contributed by atoms with Crippen LogP contribution in [-0.2, 0) is 9.84 Å². The van der Waals surface area contributed by atoms with Crippen molar-refractivity contribution in [1.82, 2.24) is 5.32 Å². The standard InChI is InChI=1S/C15H23NO2S/c1-12(16-14-6-4-3-5-7-14)13-8-10-15(11-9-13)19(2,17)18/h8-12,14,16H,3-7H2,1-2H3. The maximum Gasteiger partial charge on any atom is 0.175 e. The molecular weight excluding hydrogens is 258 g/mol. The number of hydrogen-bond acceptors (Lipinski definition) is 3. The predicted molar refractivity (Wildman–Crippen MR) is 78.0 cm³/mol. The maximum absolute atomic E-state index is 11.4. The van der Waals surface area contributed by atoms with Crippen LogP contribution in [0.4, 0.5) is 0 Å². The zero-order chi connectivity index (χ0) is 13.9. The van der Waals surface area contributed by atoms with E-state index in [1.54, 1.807) is 12.1 Å². The van der Waals surface area contributed by atoms with Gasteiger partial charge in [0.15, 0.2) is 9.84 Å². The van der Waals surface area contributed by atoms with E-state index in [-0.39, 0.29) is 6.04 Å². The third-order valence-corrected chi connectivity index (χ3v) is 5.03. The molecule has 0 saturated heterocycles. The highest BCUT2D eigenvalue weighted by Crippen LogP contribution is 2.22. The van der Waals surface area contributed by atoms with Gasteiger partial charge in [0.25, 0.3) is 0 Å². The lowest BCUT2D eigenvalue weighted by molar-refractivity contribution is 0.347. The summed E-state index contributed by atoms with van der Waals surface area (Å²) in [5.41, 5.74) is 1.15. The largest absolute Gasteiger partial charge is 0.307 e. The van der Waals surface area contributed by atoms with Gasteiger partial charge in [-0.1, -0.05) is 31.4 Å². The zero-order valence-corrected chi connectivity index (χ0v) is 12.5. The van der Waals surface area contributed by atoms with Crippen LogP contribution in [0.2, 0.25) is 0 Å². The maximum atomic E-state index is 11.4. The van der Waals surface area contributed by atoms with Gasteiger partial charge in [0.2, 0.25) is 0 Å². The van der Waals surface area contributed by atoms with Crippen LogP contribution in [0, 0.1) is 0 Å². The fourth-order valence-corrected chi connectivity index (χ4v) is 3.35. The monoisotopic (exact) mass is 281 g/mol. The molecule has 19 heavy (non-hydrogen) atoms. The van der Waals surface area contributed by atoms with Crippen LogP contribution in [0.25, 0.3) is 0 Å². The molecule has 0 heterocycles. The quantitative estimate of drug-likeness (QED) is 0.922. The molecule has 1 aliphatic carbocycles. The number of sulfone groups is 1. The van der Waals surface area contributed by atoms with Crippen molar-refractivity contribution in [2.45, 2.75) is 56.0 Å². The smallest absolute Gasteiger partial charge is 0.175 e. The molecule has 1 saturated carbocycles. The van der Waals surface area contributed by atoms with Crippen molar-refractivity contribution in [3.63, 3.8) is 0 Å². The lowest BCUT2D eigenvalue weighted by atomic mass is 9.94. The molecule has 1 N–H and O–H groups in total. The van der Waals surface area contributed by atoms with Crippen molar-refractivity contribution in [2.24, 2.45) is 0 Å². The fraction of sp³-hybridized carbons (Fsp3) is 0.600. The first kappa shape index (κ1) is 14.5. The molecule has 1 aliphatic rings. The first-order valence-electron chi connectivity index (χ1n) is 7.03. The second-order valence-electron chi connectivity index (χ2n) is 5.56. The number of hydrogen-bond donors (Lipinski definition) is 1. The molecule has 2 rings (SSSR count). The van der Waals surface area contributed by atoms with E-state index in [9.17, 15) is 8.42 Å². The molecule has 0 aromatic heterocycles. The number of rotatable bonds is 4. The molecule has 1 unspecified atom stereocenters. The molecule has 0 bridgehead atoms. The lowest BCUT2D eigenvalue weighted by Crippen LogP contribution is -2.33. The number of nitrogens with one attached hydrogen (secondary N) is 1. The third kappa shape index (κ3) is 4.05. The van der Waals surface area contributed by atoms with E-state index in [0.717, 1.165) is 5.56 Å². The molecule has 1 fully saturated rings. The molecule has 0 radical (unpaired) electrons. The minimum atomic E-state index is -3.09. The van der Waals surface area contributed by atoms with Gasteiger partial charge in [-0.05, 0) is 37.5 Å². The average molecular weight is 281 g/mol. The Balaban J connectivity index is 2.01. The molecule has 1 aromatic carbocycles. The van der Waals surface area contributed by atoms with Crippen LogP contribution >= 0.6 is 0 Å². The molecule has 1 aromatic rings. The summed E-state index contributed by atoms with van der Waals surface area (Å²) in [7, 11) is -3.09. The summed E-state index contributed by atoms with van der Waals surface area (Å²) >= 11 is 0. The minimum absolute atomic E-state index is 0.275. The van der Waals surface area contributed by atoms with Crippen LogP contribution in [0.1, 0.15) is 50.6 Å². The van der Waals surface area contributed by atoms with Crippen molar-refractivity contribution in [1.29, 1.82) is 0 Å². The van der Waals surface area contributed by atoms with Gasteiger partial charge in [-0.25, -0.2) is 8.42 Å². The molecule has 4 heteroatoms. The Labute approximate surface area is 116 Å². The van der Waals surface area contributed by atoms with Crippen molar-refractivity contribution >= 4 is 9.84 Å². The Morgan fingerprint density at radius 3 is 2.21 bits per heavy atom. The highest BCUT2D eigenvalue weighted by Gasteiger charge is 2.16. The highest BCUT2D eigenvalue weighted by atomic mass is 32.2. The van der Waals surface area contributed by atoms with E-state index >= 15 is 0 Å². The van der Waals surface area contributed by atoms with Crippen molar-refractivity contribution in [3.8, 4) is 0 Å². The first-order valence-corrected chi connectivity index (χ1v) is 8.92. The molecule has 3 nitrogen and oxygen atoms in total. The van der Waals surface area contributed by atoms with E-state index in [0.29, 0.717) is 10.9 Å². The summed E-state index contributed by atoms with van der Waals surface area (Å²) < 4.78 is 22.8. The normalized spacial score (nSPS) is 19.3. The van der Waals surface area contributed by atoms with Gasteiger partial charge in [0, 0.05) is 18.3 Å². The van der Waals surface area contributed by atoms with E-state index < -0.39 is 9.84 Å². The average Bonchev–Trinajstić information content (AvgIpc) is 2.39. The Kier molecular flexibility index (Phi) is 4.63. The second kappa shape index (κ2) is 6.06. The van der Waals surface area contributed by atoms with Crippen molar-refractivity contribution in [3.05, 3.63) is 29.8 Å². The summed E-state index contributed by atoms with van der Waals surface area (Å²) in [5, 5.41) is 3.64. The van der Waals surface area contributed by atoms with Gasteiger partial charge in [0.05, 0.1) is 4.90 Å². The third-order valence-electron chi connectivity index (χ3n) is 3.90. The Morgan fingerprint density at radius 2 is 1.68 bits per heavy atom. The van der Waals surface area contributed by atoms with Crippen molar-refractivity contribution in [2.75, 3.05) is 6.26 Å². The van der Waals surface area contributed by atoms with Crippen LogP contribution in [-0.4, -0.2) is 20.7 Å². The van der Waals surface area contributed by atoms with Crippen LogP contribution in [0.5, 0.6) is 0 Å². The van der Waals surface area contributed by atoms with Crippen molar-refractivity contribution < 1.29 is 8.42 Å². The van der Waals surface area contributed by atoms with Crippen LogP contribution in [0.15, 0.2) is 29.2 Å². The molecule has 106 valence electrons. The van der Waals surface area contributed by atoms with Gasteiger partial charge in [0.1, 0.15) is 0 Å². The molecule has 0 spiro atoms. The molecule has 1 atom stereocenters. The van der Waals surface area contributed by atoms with Gasteiger partial charge in [-0.15, -0.1) is 0 Å². The predicted octanol–water partition coefficient (Wildman–Crippen LogP) is 3.07. The summed E-state index contributed by atoms with van der Waals surface area (Å²) in [6, 6.07) is 8.11. The minimum Gasteiger partial charge on any atom is -0.307 e. The van der Waals surface area contributed by atoms with Gasteiger partial charge >= 0.3 is 0 Å². The molecule has 0 amide bonds. The second-order valence-corrected chi connectivity index (χ2v) is 7.58.